The van der Waals surface area contributed by atoms with Gasteiger partial charge in [-0.1, -0.05) is 265 Å². The van der Waals surface area contributed by atoms with Gasteiger partial charge in [0.15, 0.2) is 6.10 Å². The van der Waals surface area contributed by atoms with Crippen molar-refractivity contribution in [1.82, 2.24) is 0 Å². The summed E-state index contributed by atoms with van der Waals surface area (Å²) in [7, 11) is 0. The first-order valence-corrected chi connectivity index (χ1v) is 26.9. The second kappa shape index (κ2) is 48.4. The Bertz CT molecular complexity index is 903. The average Bonchev–Trinajstić information content (AvgIpc) is 3.23. The Morgan fingerprint density at radius 1 is 0.317 bits per heavy atom. The molecule has 0 rings (SSSR count). The minimum Gasteiger partial charge on any atom is -0.462 e. The molecular formula is C54H104O6. The molecule has 0 aromatic carbocycles. The Labute approximate surface area is 374 Å². The van der Waals surface area contributed by atoms with Crippen LogP contribution in [0.5, 0.6) is 0 Å². The molecule has 0 aliphatic rings. The van der Waals surface area contributed by atoms with Crippen LogP contribution in [-0.2, 0) is 28.6 Å². The molecule has 0 spiro atoms. The summed E-state index contributed by atoms with van der Waals surface area (Å²) in [5.41, 5.74) is 0. The standard InChI is InChI=1S/C54H104O6/c1-5-7-9-11-13-15-17-19-20-21-23-24-29-33-37-41-45-52(55)58-48-51(60-54(57)47-43-39-35-31-25-22-18-16-14-12-10-8-6-2)49-59-53(56)46-42-38-34-30-27-26-28-32-36-40-44-50(3)4/h50-51H,5-49H2,1-4H3/t51-/m1/s1. The fourth-order valence-electron chi connectivity index (χ4n) is 8.22. The van der Waals surface area contributed by atoms with Crippen LogP contribution in [-0.4, -0.2) is 37.2 Å². The lowest BCUT2D eigenvalue weighted by molar-refractivity contribution is -0.167. The van der Waals surface area contributed by atoms with Crippen molar-refractivity contribution in [3.05, 3.63) is 0 Å². The predicted octanol–water partition coefficient (Wildman–Crippen LogP) is 17.5. The summed E-state index contributed by atoms with van der Waals surface area (Å²) in [5, 5.41) is 0. The molecule has 0 aromatic heterocycles. The second-order valence-corrected chi connectivity index (χ2v) is 19.0. The van der Waals surface area contributed by atoms with Crippen LogP contribution in [0, 0.1) is 5.92 Å². The number of hydrogen-bond donors (Lipinski definition) is 0. The van der Waals surface area contributed by atoms with Crippen molar-refractivity contribution in [1.29, 1.82) is 0 Å². The Kier molecular flexibility index (Phi) is 47.2. The maximum Gasteiger partial charge on any atom is 0.306 e. The van der Waals surface area contributed by atoms with Gasteiger partial charge in [-0.05, 0) is 25.2 Å². The van der Waals surface area contributed by atoms with E-state index in [2.05, 4.69) is 27.7 Å². The number of hydrogen-bond acceptors (Lipinski definition) is 6. The molecule has 0 heterocycles. The first kappa shape index (κ1) is 58.4. The van der Waals surface area contributed by atoms with Gasteiger partial charge in [0.25, 0.3) is 0 Å². The van der Waals surface area contributed by atoms with Gasteiger partial charge >= 0.3 is 17.9 Å². The van der Waals surface area contributed by atoms with Gasteiger partial charge in [-0.3, -0.25) is 14.4 Å². The van der Waals surface area contributed by atoms with Crippen LogP contribution in [0.2, 0.25) is 0 Å². The van der Waals surface area contributed by atoms with E-state index in [1.54, 1.807) is 0 Å². The Morgan fingerprint density at radius 3 is 0.817 bits per heavy atom. The summed E-state index contributed by atoms with van der Waals surface area (Å²) in [6.07, 6.45) is 50.8. The highest BCUT2D eigenvalue weighted by Gasteiger charge is 2.19. The van der Waals surface area contributed by atoms with E-state index in [9.17, 15) is 14.4 Å². The first-order valence-electron chi connectivity index (χ1n) is 26.9. The minimum atomic E-state index is -0.761. The fourth-order valence-corrected chi connectivity index (χ4v) is 8.22. The van der Waals surface area contributed by atoms with Crippen molar-refractivity contribution in [2.45, 2.75) is 310 Å². The van der Waals surface area contributed by atoms with Crippen molar-refractivity contribution in [3.8, 4) is 0 Å². The summed E-state index contributed by atoms with van der Waals surface area (Å²) in [6.45, 7) is 9.03. The Balaban J connectivity index is 4.30. The summed E-state index contributed by atoms with van der Waals surface area (Å²) in [5.74, 6) is -0.0230. The van der Waals surface area contributed by atoms with Crippen molar-refractivity contribution in [3.63, 3.8) is 0 Å². The third kappa shape index (κ3) is 47.5. The zero-order chi connectivity index (χ0) is 43.8. The van der Waals surface area contributed by atoms with Crippen molar-refractivity contribution in [2.75, 3.05) is 13.2 Å². The summed E-state index contributed by atoms with van der Waals surface area (Å²) in [6, 6.07) is 0. The molecule has 0 amide bonds. The number of ether oxygens (including phenoxy) is 3. The summed E-state index contributed by atoms with van der Waals surface area (Å²) in [4.78, 5) is 38.0. The van der Waals surface area contributed by atoms with Crippen molar-refractivity contribution < 1.29 is 28.6 Å². The van der Waals surface area contributed by atoms with Crippen LogP contribution in [0.25, 0.3) is 0 Å². The molecule has 0 N–H and O–H groups in total. The lowest BCUT2D eigenvalue weighted by Gasteiger charge is -2.18. The van der Waals surface area contributed by atoms with E-state index in [1.807, 2.05) is 0 Å². The highest BCUT2D eigenvalue weighted by atomic mass is 16.6. The van der Waals surface area contributed by atoms with E-state index in [0.29, 0.717) is 19.3 Å². The Morgan fingerprint density at radius 2 is 0.550 bits per heavy atom. The van der Waals surface area contributed by atoms with Crippen LogP contribution in [0.3, 0.4) is 0 Å². The molecule has 6 nitrogen and oxygen atoms in total. The lowest BCUT2D eigenvalue weighted by atomic mass is 10.0. The molecule has 0 saturated heterocycles. The predicted molar refractivity (Wildman–Crippen MR) is 257 cm³/mol. The number of rotatable bonds is 49. The normalized spacial score (nSPS) is 11.9. The lowest BCUT2D eigenvalue weighted by Crippen LogP contribution is -2.30. The van der Waals surface area contributed by atoms with Gasteiger partial charge in [-0.2, -0.15) is 0 Å². The maximum atomic E-state index is 12.8. The average molecular weight is 849 g/mol. The molecule has 0 aromatic rings. The quantitative estimate of drug-likeness (QED) is 0.0345. The third-order valence-electron chi connectivity index (χ3n) is 12.3. The summed E-state index contributed by atoms with van der Waals surface area (Å²) >= 11 is 0. The minimum absolute atomic E-state index is 0.0625. The van der Waals surface area contributed by atoms with Crippen LogP contribution >= 0.6 is 0 Å². The van der Waals surface area contributed by atoms with Crippen molar-refractivity contribution in [2.24, 2.45) is 5.92 Å². The van der Waals surface area contributed by atoms with Gasteiger partial charge < -0.3 is 14.2 Å². The second-order valence-electron chi connectivity index (χ2n) is 19.0. The SMILES string of the molecule is CCCCCCCCCCCCCCCCCCC(=O)OC[C@H](COC(=O)CCCCCCCCCCCCC(C)C)OC(=O)CCCCCCCCCCCCCCC. The van der Waals surface area contributed by atoms with Gasteiger partial charge in [-0.25, -0.2) is 0 Å². The molecular weight excluding hydrogens is 745 g/mol. The fraction of sp³-hybridized carbons (Fsp3) is 0.944. The zero-order valence-corrected chi connectivity index (χ0v) is 40.9. The third-order valence-corrected chi connectivity index (χ3v) is 12.3. The topological polar surface area (TPSA) is 78.9 Å². The van der Waals surface area contributed by atoms with Crippen molar-refractivity contribution >= 4 is 17.9 Å². The molecule has 1 atom stereocenters. The number of esters is 3. The van der Waals surface area contributed by atoms with E-state index < -0.39 is 6.10 Å². The van der Waals surface area contributed by atoms with E-state index >= 15 is 0 Å². The molecule has 0 radical (unpaired) electrons. The largest absolute Gasteiger partial charge is 0.462 e. The molecule has 6 heteroatoms. The molecule has 0 fully saturated rings. The van der Waals surface area contributed by atoms with E-state index in [0.717, 1.165) is 63.7 Å². The molecule has 0 aliphatic carbocycles. The van der Waals surface area contributed by atoms with Crippen LogP contribution in [0.1, 0.15) is 304 Å². The highest BCUT2D eigenvalue weighted by molar-refractivity contribution is 5.71. The molecule has 356 valence electrons. The molecule has 0 saturated carbocycles. The highest BCUT2D eigenvalue weighted by Crippen LogP contribution is 2.17. The van der Waals surface area contributed by atoms with Gasteiger partial charge in [0.2, 0.25) is 0 Å². The summed E-state index contributed by atoms with van der Waals surface area (Å²) < 4.78 is 16.8. The van der Waals surface area contributed by atoms with Gasteiger partial charge in [0.1, 0.15) is 13.2 Å². The van der Waals surface area contributed by atoms with E-state index in [1.165, 1.54) is 199 Å². The van der Waals surface area contributed by atoms with Crippen LogP contribution in [0.4, 0.5) is 0 Å². The molecule has 60 heavy (non-hydrogen) atoms. The number of carbonyl (C=O) groups is 3. The smallest absolute Gasteiger partial charge is 0.306 e. The first-order chi connectivity index (χ1) is 29.4. The maximum absolute atomic E-state index is 12.8. The number of carbonyl (C=O) groups excluding carboxylic acids is 3. The number of unbranched alkanes of at least 4 members (excludes halogenated alkanes) is 36. The molecule has 0 unspecified atom stereocenters. The zero-order valence-electron chi connectivity index (χ0n) is 40.9. The van der Waals surface area contributed by atoms with Crippen LogP contribution in [0.15, 0.2) is 0 Å². The van der Waals surface area contributed by atoms with Gasteiger partial charge in [-0.15, -0.1) is 0 Å². The van der Waals surface area contributed by atoms with Crippen LogP contribution < -0.4 is 0 Å². The van der Waals surface area contributed by atoms with Gasteiger partial charge in [0.05, 0.1) is 0 Å². The van der Waals surface area contributed by atoms with Gasteiger partial charge in [0, 0.05) is 19.3 Å². The Hall–Kier alpha value is -1.59. The monoisotopic (exact) mass is 849 g/mol. The van der Waals surface area contributed by atoms with E-state index in [-0.39, 0.29) is 31.1 Å². The molecule has 0 aliphatic heterocycles. The molecule has 0 bridgehead atoms. The van der Waals surface area contributed by atoms with E-state index in [4.69, 9.17) is 14.2 Å².